The van der Waals surface area contributed by atoms with Crippen LogP contribution in [0.3, 0.4) is 0 Å². The summed E-state index contributed by atoms with van der Waals surface area (Å²) < 4.78 is 27.1. The first-order valence-corrected chi connectivity index (χ1v) is 7.80. The fourth-order valence-electron chi connectivity index (χ4n) is 1.74. The Kier molecular flexibility index (Phi) is 4.92. The number of benzene rings is 2. The van der Waals surface area contributed by atoms with Crippen LogP contribution in [0.25, 0.3) is 6.08 Å². The molecule has 0 aliphatic heterocycles. The Balaban J connectivity index is 2.31. The van der Waals surface area contributed by atoms with E-state index in [0.717, 1.165) is 6.08 Å². The zero-order valence-electron chi connectivity index (χ0n) is 11.4. The van der Waals surface area contributed by atoms with E-state index in [1.54, 1.807) is 42.5 Å². The SMILES string of the molecule is O=C(C=Cc1ccccc1NS(=O)(=O)c1ccccc1)NO. The number of para-hydroxylation sites is 1. The average molecular weight is 318 g/mol. The Morgan fingerprint density at radius 1 is 1.00 bits per heavy atom. The number of anilines is 1. The second-order valence-electron chi connectivity index (χ2n) is 4.32. The molecule has 2 aromatic rings. The molecule has 0 saturated heterocycles. The lowest BCUT2D eigenvalue weighted by atomic mass is 10.1. The third-order valence-electron chi connectivity index (χ3n) is 2.78. The normalized spacial score (nSPS) is 11.3. The highest BCUT2D eigenvalue weighted by Crippen LogP contribution is 2.21. The number of hydrogen-bond donors (Lipinski definition) is 3. The monoisotopic (exact) mass is 318 g/mol. The smallest absolute Gasteiger partial charge is 0.267 e. The van der Waals surface area contributed by atoms with E-state index in [1.807, 2.05) is 0 Å². The van der Waals surface area contributed by atoms with Gasteiger partial charge in [0.05, 0.1) is 10.6 Å². The van der Waals surface area contributed by atoms with Crippen LogP contribution in [0.4, 0.5) is 5.69 Å². The van der Waals surface area contributed by atoms with E-state index in [-0.39, 0.29) is 4.90 Å². The predicted octanol–water partition coefficient (Wildman–Crippen LogP) is 2.01. The lowest BCUT2D eigenvalue weighted by Crippen LogP contribution is -2.15. The summed E-state index contributed by atoms with van der Waals surface area (Å²) in [5.41, 5.74) is 2.28. The molecule has 0 heterocycles. The highest BCUT2D eigenvalue weighted by atomic mass is 32.2. The zero-order valence-corrected chi connectivity index (χ0v) is 12.2. The topological polar surface area (TPSA) is 95.5 Å². The lowest BCUT2D eigenvalue weighted by molar-refractivity contribution is -0.124. The highest BCUT2D eigenvalue weighted by molar-refractivity contribution is 7.92. The molecule has 114 valence electrons. The van der Waals surface area contributed by atoms with E-state index in [0.29, 0.717) is 11.3 Å². The van der Waals surface area contributed by atoms with Crippen LogP contribution in [0.15, 0.2) is 65.6 Å². The van der Waals surface area contributed by atoms with Crippen LogP contribution < -0.4 is 10.2 Å². The summed E-state index contributed by atoms with van der Waals surface area (Å²) in [5.74, 6) is -0.708. The first kappa shape index (κ1) is 15.7. The van der Waals surface area contributed by atoms with Crippen LogP contribution >= 0.6 is 0 Å². The summed E-state index contributed by atoms with van der Waals surface area (Å²) >= 11 is 0. The van der Waals surface area contributed by atoms with Crippen molar-refractivity contribution >= 4 is 27.7 Å². The van der Waals surface area contributed by atoms with Gasteiger partial charge in [0.1, 0.15) is 0 Å². The van der Waals surface area contributed by atoms with Crippen LogP contribution in [-0.4, -0.2) is 19.5 Å². The number of amides is 1. The van der Waals surface area contributed by atoms with Gasteiger partial charge in [0.2, 0.25) is 0 Å². The van der Waals surface area contributed by atoms with Crippen molar-refractivity contribution in [3.63, 3.8) is 0 Å². The van der Waals surface area contributed by atoms with Crippen molar-refractivity contribution in [1.82, 2.24) is 5.48 Å². The molecule has 22 heavy (non-hydrogen) atoms. The molecule has 0 aliphatic rings. The van der Waals surface area contributed by atoms with E-state index < -0.39 is 15.9 Å². The fraction of sp³-hybridized carbons (Fsp3) is 0. The molecule has 0 bridgehead atoms. The van der Waals surface area contributed by atoms with Crippen molar-refractivity contribution in [2.24, 2.45) is 0 Å². The van der Waals surface area contributed by atoms with Gasteiger partial charge in [-0.1, -0.05) is 36.4 Å². The van der Waals surface area contributed by atoms with Gasteiger partial charge < -0.3 is 0 Å². The Hall–Kier alpha value is -2.64. The summed E-state index contributed by atoms with van der Waals surface area (Å²) in [6.07, 6.45) is 2.49. The summed E-state index contributed by atoms with van der Waals surface area (Å²) in [5, 5.41) is 8.45. The van der Waals surface area contributed by atoms with Crippen molar-refractivity contribution in [3.8, 4) is 0 Å². The van der Waals surface area contributed by atoms with Crippen LogP contribution in [0.1, 0.15) is 5.56 Å². The molecule has 0 spiro atoms. The largest absolute Gasteiger partial charge is 0.288 e. The fourth-order valence-corrected chi connectivity index (χ4v) is 2.85. The molecule has 0 saturated carbocycles. The van der Waals surface area contributed by atoms with E-state index in [2.05, 4.69) is 4.72 Å². The minimum atomic E-state index is -3.71. The Morgan fingerprint density at radius 3 is 2.32 bits per heavy atom. The van der Waals surface area contributed by atoms with Crippen LogP contribution in [-0.2, 0) is 14.8 Å². The van der Waals surface area contributed by atoms with Gasteiger partial charge in [-0.25, -0.2) is 13.9 Å². The van der Waals surface area contributed by atoms with Crippen molar-refractivity contribution in [3.05, 3.63) is 66.2 Å². The molecule has 0 aliphatic carbocycles. The van der Waals surface area contributed by atoms with Gasteiger partial charge >= 0.3 is 0 Å². The first-order valence-electron chi connectivity index (χ1n) is 6.32. The van der Waals surface area contributed by atoms with Crippen molar-refractivity contribution in [1.29, 1.82) is 0 Å². The minimum Gasteiger partial charge on any atom is -0.288 e. The number of hydrogen-bond acceptors (Lipinski definition) is 4. The quantitative estimate of drug-likeness (QED) is 0.446. The predicted molar refractivity (Wildman–Crippen MR) is 82.7 cm³/mol. The number of carbonyl (C=O) groups is 1. The molecule has 0 aromatic heterocycles. The molecule has 2 aromatic carbocycles. The van der Waals surface area contributed by atoms with Gasteiger partial charge in [0.15, 0.2) is 0 Å². The molecule has 1 amide bonds. The van der Waals surface area contributed by atoms with Gasteiger partial charge in [0, 0.05) is 6.08 Å². The number of sulfonamides is 1. The molecule has 0 atom stereocenters. The van der Waals surface area contributed by atoms with Crippen LogP contribution in [0, 0.1) is 0 Å². The molecule has 2 rings (SSSR count). The molecule has 7 heteroatoms. The summed E-state index contributed by atoms with van der Waals surface area (Å²) in [6, 6.07) is 14.6. The molecule has 6 nitrogen and oxygen atoms in total. The van der Waals surface area contributed by atoms with Crippen LogP contribution in [0.2, 0.25) is 0 Å². The number of rotatable bonds is 5. The second kappa shape index (κ2) is 6.88. The molecular formula is C15H14N2O4S. The molecule has 0 fully saturated rings. The molecular weight excluding hydrogens is 304 g/mol. The van der Waals surface area contributed by atoms with E-state index in [1.165, 1.54) is 23.7 Å². The highest BCUT2D eigenvalue weighted by Gasteiger charge is 2.14. The molecule has 3 N–H and O–H groups in total. The van der Waals surface area contributed by atoms with Crippen molar-refractivity contribution in [2.75, 3.05) is 4.72 Å². The summed E-state index contributed by atoms with van der Waals surface area (Å²) in [4.78, 5) is 11.2. The second-order valence-corrected chi connectivity index (χ2v) is 6.00. The van der Waals surface area contributed by atoms with Gasteiger partial charge in [-0.15, -0.1) is 0 Å². The maximum atomic E-state index is 12.3. The standard InChI is InChI=1S/C15H14N2O4S/c18-15(16-19)11-10-12-6-4-5-9-14(12)17-22(20,21)13-7-2-1-3-8-13/h1-11,17,19H,(H,16,18). The van der Waals surface area contributed by atoms with Crippen molar-refractivity contribution < 1.29 is 18.4 Å². The Labute approximate surface area is 128 Å². The molecule has 0 unspecified atom stereocenters. The number of hydroxylamine groups is 1. The maximum absolute atomic E-state index is 12.3. The lowest BCUT2D eigenvalue weighted by Gasteiger charge is -2.10. The van der Waals surface area contributed by atoms with Gasteiger partial charge in [-0.3, -0.25) is 14.7 Å². The van der Waals surface area contributed by atoms with Crippen LogP contribution in [0.5, 0.6) is 0 Å². The Bertz CT molecular complexity index is 786. The maximum Gasteiger partial charge on any atom is 0.267 e. The number of nitrogens with one attached hydrogen (secondary N) is 2. The minimum absolute atomic E-state index is 0.141. The van der Waals surface area contributed by atoms with E-state index in [9.17, 15) is 13.2 Å². The Morgan fingerprint density at radius 2 is 1.64 bits per heavy atom. The van der Waals surface area contributed by atoms with Crippen molar-refractivity contribution in [2.45, 2.75) is 4.90 Å². The van der Waals surface area contributed by atoms with E-state index in [4.69, 9.17) is 5.21 Å². The van der Waals surface area contributed by atoms with Gasteiger partial charge in [-0.2, -0.15) is 0 Å². The van der Waals surface area contributed by atoms with Gasteiger partial charge in [0.25, 0.3) is 15.9 Å². The summed E-state index contributed by atoms with van der Waals surface area (Å²) in [6.45, 7) is 0. The number of carbonyl (C=O) groups excluding carboxylic acids is 1. The zero-order chi connectivity index (χ0) is 16.0. The average Bonchev–Trinajstić information content (AvgIpc) is 2.54. The third kappa shape index (κ3) is 3.94. The summed E-state index contributed by atoms with van der Waals surface area (Å²) in [7, 11) is -3.71. The molecule has 0 radical (unpaired) electrons. The van der Waals surface area contributed by atoms with E-state index >= 15 is 0 Å². The first-order chi connectivity index (χ1) is 10.5. The van der Waals surface area contributed by atoms with Gasteiger partial charge in [-0.05, 0) is 29.8 Å². The third-order valence-corrected chi connectivity index (χ3v) is 4.16.